The third-order valence-corrected chi connectivity index (χ3v) is 4.21. The van der Waals surface area contributed by atoms with Gasteiger partial charge in [-0.2, -0.15) is 0 Å². The van der Waals surface area contributed by atoms with Gasteiger partial charge in [0.15, 0.2) is 0 Å². The lowest BCUT2D eigenvalue weighted by atomic mass is 10.0. The molecule has 1 aromatic heterocycles. The highest BCUT2D eigenvalue weighted by Crippen LogP contribution is 2.19. The van der Waals surface area contributed by atoms with Crippen molar-refractivity contribution in [3.05, 3.63) is 5.69 Å². The van der Waals surface area contributed by atoms with E-state index in [1.54, 1.807) is 0 Å². The van der Waals surface area contributed by atoms with Crippen LogP contribution in [-0.4, -0.2) is 52.1 Å². The molecule has 17 heavy (non-hydrogen) atoms. The van der Waals surface area contributed by atoms with Crippen molar-refractivity contribution in [2.45, 2.75) is 32.4 Å². The number of piperidine rings is 1. The molecule has 2 N–H and O–H groups in total. The summed E-state index contributed by atoms with van der Waals surface area (Å²) in [6.45, 7) is 6.62. The predicted molar refractivity (Wildman–Crippen MR) is 70.9 cm³/mol. The minimum absolute atomic E-state index is 0.652. The Kier molecular flexibility index (Phi) is 4.31. The van der Waals surface area contributed by atoms with Crippen LogP contribution in [0.5, 0.6) is 0 Å². The van der Waals surface area contributed by atoms with Crippen molar-refractivity contribution >= 4 is 16.5 Å². The summed E-state index contributed by atoms with van der Waals surface area (Å²) in [5, 5.41) is 4.83. The predicted octanol–water partition coefficient (Wildman–Crippen LogP) is 1.04. The number of hydrogen-bond donors (Lipinski definition) is 1. The first kappa shape index (κ1) is 12.7. The van der Waals surface area contributed by atoms with Crippen molar-refractivity contribution in [1.29, 1.82) is 0 Å². The van der Waals surface area contributed by atoms with Crippen LogP contribution in [0.1, 0.15) is 25.5 Å². The van der Waals surface area contributed by atoms with Crippen molar-refractivity contribution in [1.82, 2.24) is 19.4 Å². The van der Waals surface area contributed by atoms with Crippen LogP contribution < -0.4 is 5.73 Å². The van der Waals surface area contributed by atoms with Crippen molar-refractivity contribution < 1.29 is 0 Å². The number of rotatable bonds is 4. The Morgan fingerprint density at radius 3 is 2.71 bits per heavy atom. The van der Waals surface area contributed by atoms with Crippen LogP contribution in [0.15, 0.2) is 0 Å². The second kappa shape index (κ2) is 5.75. The van der Waals surface area contributed by atoms with E-state index in [9.17, 15) is 0 Å². The number of likely N-dealkylation sites (tertiary alicyclic amines) is 1. The molecule has 0 bridgehead atoms. The highest BCUT2D eigenvalue weighted by molar-refractivity contribution is 7.09. The van der Waals surface area contributed by atoms with Gasteiger partial charge in [-0.25, -0.2) is 0 Å². The summed E-state index contributed by atoms with van der Waals surface area (Å²) >= 11 is 1.28. The van der Waals surface area contributed by atoms with Crippen LogP contribution in [0.4, 0.5) is 5.00 Å². The molecule has 2 heterocycles. The van der Waals surface area contributed by atoms with E-state index >= 15 is 0 Å². The van der Waals surface area contributed by atoms with E-state index in [1.165, 1.54) is 44.0 Å². The molecule has 96 valence electrons. The number of hydrogen-bond acceptors (Lipinski definition) is 6. The summed E-state index contributed by atoms with van der Waals surface area (Å²) < 4.78 is 3.88. The fourth-order valence-corrected chi connectivity index (χ4v) is 2.80. The number of nitrogens with zero attached hydrogens (tertiary/aromatic N) is 4. The highest BCUT2D eigenvalue weighted by Gasteiger charge is 2.22. The third-order valence-electron chi connectivity index (χ3n) is 3.61. The molecule has 0 radical (unpaired) electrons. The molecule has 1 fully saturated rings. The Morgan fingerprint density at radius 1 is 1.47 bits per heavy atom. The molecule has 0 amide bonds. The molecular formula is C11H21N5S. The Balaban J connectivity index is 1.85. The Bertz CT molecular complexity index is 345. The minimum Gasteiger partial charge on any atom is -0.388 e. The molecule has 1 saturated heterocycles. The Morgan fingerprint density at radius 2 is 2.18 bits per heavy atom. The molecule has 2 rings (SSSR count). The molecule has 0 aromatic carbocycles. The third kappa shape index (κ3) is 3.14. The number of aromatic nitrogens is 2. The molecule has 1 aromatic rings. The molecule has 5 nitrogen and oxygen atoms in total. The molecule has 1 aliphatic rings. The summed E-state index contributed by atoms with van der Waals surface area (Å²) in [6.07, 6.45) is 2.48. The lowest BCUT2D eigenvalue weighted by Crippen LogP contribution is -2.43. The van der Waals surface area contributed by atoms with Gasteiger partial charge in [-0.1, -0.05) is 11.4 Å². The van der Waals surface area contributed by atoms with E-state index in [2.05, 4.69) is 33.4 Å². The maximum Gasteiger partial charge on any atom is 0.132 e. The van der Waals surface area contributed by atoms with Gasteiger partial charge in [0.25, 0.3) is 0 Å². The van der Waals surface area contributed by atoms with Gasteiger partial charge in [0, 0.05) is 24.1 Å². The zero-order valence-corrected chi connectivity index (χ0v) is 11.4. The summed E-state index contributed by atoms with van der Waals surface area (Å²) in [6, 6.07) is 0.652. The fourth-order valence-electron chi connectivity index (χ4n) is 2.37. The Labute approximate surface area is 107 Å². The largest absolute Gasteiger partial charge is 0.388 e. The molecule has 1 aliphatic heterocycles. The van der Waals surface area contributed by atoms with Crippen LogP contribution in [0.3, 0.4) is 0 Å². The van der Waals surface area contributed by atoms with E-state index in [-0.39, 0.29) is 0 Å². The molecule has 0 spiro atoms. The summed E-state index contributed by atoms with van der Waals surface area (Å²) in [5.74, 6) is 0. The zero-order valence-electron chi connectivity index (χ0n) is 10.6. The van der Waals surface area contributed by atoms with Crippen LogP contribution in [-0.2, 0) is 6.54 Å². The van der Waals surface area contributed by atoms with E-state index in [0.29, 0.717) is 6.04 Å². The SMILES string of the molecule is CCN1CCC(N(C)Cc2nnsc2N)CC1. The lowest BCUT2D eigenvalue weighted by Gasteiger charge is -2.36. The quantitative estimate of drug-likeness (QED) is 0.871. The Hall–Kier alpha value is -0.720. The second-order valence-corrected chi connectivity index (χ2v) is 5.45. The van der Waals surface area contributed by atoms with Gasteiger partial charge in [-0.05, 0) is 39.5 Å². The lowest BCUT2D eigenvalue weighted by molar-refractivity contribution is 0.126. The topological polar surface area (TPSA) is 58.3 Å². The first-order valence-corrected chi connectivity index (χ1v) is 6.97. The summed E-state index contributed by atoms with van der Waals surface area (Å²) in [4.78, 5) is 4.86. The van der Waals surface area contributed by atoms with Gasteiger partial charge in [-0.15, -0.1) is 5.10 Å². The normalized spacial score (nSPS) is 19.0. The van der Waals surface area contributed by atoms with Crippen molar-refractivity contribution in [2.24, 2.45) is 0 Å². The van der Waals surface area contributed by atoms with Crippen LogP contribution in [0.25, 0.3) is 0 Å². The molecule has 0 aliphatic carbocycles. The monoisotopic (exact) mass is 255 g/mol. The highest BCUT2D eigenvalue weighted by atomic mass is 32.1. The standard InChI is InChI=1S/C11H21N5S/c1-3-16-6-4-9(5-7-16)15(2)8-10-11(12)17-14-13-10/h9H,3-8,12H2,1-2H3. The van der Waals surface area contributed by atoms with Crippen molar-refractivity contribution in [2.75, 3.05) is 32.4 Å². The van der Waals surface area contributed by atoms with E-state index in [0.717, 1.165) is 17.2 Å². The number of anilines is 1. The van der Waals surface area contributed by atoms with Gasteiger partial charge >= 0.3 is 0 Å². The van der Waals surface area contributed by atoms with Gasteiger partial charge in [0.1, 0.15) is 10.7 Å². The maximum absolute atomic E-state index is 5.82. The number of nitrogen functional groups attached to an aromatic ring is 1. The van der Waals surface area contributed by atoms with Gasteiger partial charge in [0.2, 0.25) is 0 Å². The molecule has 0 saturated carbocycles. The van der Waals surface area contributed by atoms with E-state index in [1.807, 2.05) is 0 Å². The molecule has 6 heteroatoms. The van der Waals surface area contributed by atoms with Crippen LogP contribution in [0.2, 0.25) is 0 Å². The van der Waals surface area contributed by atoms with E-state index < -0.39 is 0 Å². The maximum atomic E-state index is 5.82. The van der Waals surface area contributed by atoms with Crippen LogP contribution in [0, 0.1) is 0 Å². The van der Waals surface area contributed by atoms with Gasteiger partial charge < -0.3 is 10.6 Å². The summed E-state index contributed by atoms with van der Waals surface area (Å²) in [7, 11) is 2.16. The fraction of sp³-hybridized carbons (Fsp3) is 0.818. The number of nitrogens with two attached hydrogens (primary N) is 1. The zero-order chi connectivity index (χ0) is 12.3. The van der Waals surface area contributed by atoms with Crippen molar-refractivity contribution in [3.8, 4) is 0 Å². The molecule has 0 atom stereocenters. The average Bonchev–Trinajstić information content (AvgIpc) is 2.75. The van der Waals surface area contributed by atoms with Gasteiger partial charge in [0.05, 0.1) is 0 Å². The van der Waals surface area contributed by atoms with Crippen molar-refractivity contribution in [3.63, 3.8) is 0 Å². The molecular weight excluding hydrogens is 234 g/mol. The summed E-state index contributed by atoms with van der Waals surface area (Å²) in [5.41, 5.74) is 6.75. The van der Waals surface area contributed by atoms with Gasteiger partial charge in [-0.3, -0.25) is 4.90 Å². The first-order chi connectivity index (χ1) is 8.20. The minimum atomic E-state index is 0.652. The smallest absolute Gasteiger partial charge is 0.132 e. The van der Waals surface area contributed by atoms with E-state index in [4.69, 9.17) is 5.73 Å². The first-order valence-electron chi connectivity index (χ1n) is 6.20. The average molecular weight is 255 g/mol. The van der Waals surface area contributed by atoms with Crippen LogP contribution >= 0.6 is 11.5 Å². The second-order valence-electron chi connectivity index (χ2n) is 4.66. The molecule has 0 unspecified atom stereocenters.